The summed E-state index contributed by atoms with van der Waals surface area (Å²) in [4.78, 5) is 26.3. The zero-order chi connectivity index (χ0) is 26.0. The molecule has 3 N–H and O–H groups in total. The molecule has 0 aliphatic carbocycles. The molecule has 0 bridgehead atoms. The monoisotopic (exact) mass is 504 g/mol. The molecule has 35 heavy (non-hydrogen) atoms. The van der Waals surface area contributed by atoms with Crippen LogP contribution < -0.4 is 10.1 Å². The number of benzene rings is 2. The molecule has 0 radical (unpaired) electrons. The number of anilines is 1. The molecule has 1 aromatic heterocycles. The molecule has 7 nitrogen and oxygen atoms in total. The van der Waals surface area contributed by atoms with Crippen molar-refractivity contribution >= 4 is 28.5 Å². The van der Waals surface area contributed by atoms with E-state index in [1.807, 2.05) is 6.92 Å². The van der Waals surface area contributed by atoms with Crippen molar-refractivity contribution in [1.82, 2.24) is 4.98 Å². The molecule has 0 saturated carbocycles. The Balaban J connectivity index is 2.09. The number of H-pyrrole nitrogens is 1. The summed E-state index contributed by atoms with van der Waals surface area (Å²) < 4.78 is 92.2. The number of hydrogen-bond donors (Lipinski definition) is 3. The van der Waals surface area contributed by atoms with Crippen molar-refractivity contribution < 1.29 is 50.5 Å². The minimum Gasteiger partial charge on any atom is -0.456 e. The molecule has 0 spiro atoms. The Bertz CT molecular complexity index is 1210. The third-order valence-corrected chi connectivity index (χ3v) is 4.81. The molecule has 0 saturated heterocycles. The number of carbonyl (C=O) groups is 2. The number of hydrogen-bond acceptors (Lipinski definition) is 5. The molecule has 2 aromatic carbocycles. The third kappa shape index (κ3) is 5.85. The van der Waals surface area contributed by atoms with E-state index in [9.17, 15) is 35.9 Å². The van der Waals surface area contributed by atoms with Gasteiger partial charge in [-0.2, -0.15) is 26.3 Å². The average molecular weight is 504 g/mol. The van der Waals surface area contributed by atoms with Gasteiger partial charge < -0.3 is 24.9 Å². The van der Waals surface area contributed by atoms with Crippen molar-refractivity contribution in [2.45, 2.75) is 25.7 Å². The zero-order valence-electron chi connectivity index (χ0n) is 17.9. The molecular formula is C22H18F6N2O5. The minimum absolute atomic E-state index is 0.216. The smallest absolute Gasteiger partial charge is 0.420 e. The molecule has 1 heterocycles. The fourth-order valence-corrected chi connectivity index (χ4v) is 3.25. The van der Waals surface area contributed by atoms with Gasteiger partial charge in [0.25, 0.3) is 0 Å². The van der Waals surface area contributed by atoms with Crippen molar-refractivity contribution in [3.8, 4) is 11.5 Å². The number of alkyl halides is 6. The van der Waals surface area contributed by atoms with Crippen molar-refractivity contribution in [2.24, 2.45) is 0 Å². The van der Waals surface area contributed by atoms with Gasteiger partial charge in [0.2, 0.25) is 0 Å². The lowest BCUT2D eigenvalue weighted by Crippen LogP contribution is -2.26. The average Bonchev–Trinajstić information content (AvgIpc) is 3.19. The number of ether oxygens (including phenoxy) is 2. The third-order valence-electron chi connectivity index (χ3n) is 4.81. The Labute approximate surface area is 193 Å². The quantitative estimate of drug-likeness (QED) is 0.248. The number of aliphatic hydroxyl groups is 1. The molecule has 188 valence electrons. The van der Waals surface area contributed by atoms with Gasteiger partial charge in [-0.1, -0.05) is 6.92 Å². The van der Waals surface area contributed by atoms with Crippen LogP contribution in [0.15, 0.2) is 36.5 Å². The van der Waals surface area contributed by atoms with Crippen LogP contribution in [0.1, 0.15) is 23.6 Å². The van der Waals surface area contributed by atoms with Crippen LogP contribution in [0.25, 0.3) is 10.9 Å². The first-order valence-electron chi connectivity index (χ1n) is 10.0. The first-order valence-corrected chi connectivity index (χ1v) is 10.0. The van der Waals surface area contributed by atoms with E-state index in [1.165, 1.54) is 18.2 Å². The van der Waals surface area contributed by atoms with E-state index in [0.29, 0.717) is 17.3 Å². The summed E-state index contributed by atoms with van der Waals surface area (Å²) in [6.45, 7) is 0.591. The fourth-order valence-electron chi connectivity index (χ4n) is 3.25. The highest BCUT2D eigenvalue weighted by Gasteiger charge is 2.43. The van der Waals surface area contributed by atoms with Crippen molar-refractivity contribution in [3.05, 3.63) is 53.2 Å². The number of amides is 1. The molecular weight excluding hydrogens is 486 g/mol. The van der Waals surface area contributed by atoms with Gasteiger partial charge in [0.1, 0.15) is 23.5 Å². The molecule has 0 fully saturated rings. The molecule has 0 unspecified atom stereocenters. The zero-order valence-corrected chi connectivity index (χ0v) is 17.9. The second-order valence-electron chi connectivity index (χ2n) is 7.19. The highest BCUT2D eigenvalue weighted by atomic mass is 19.4. The number of aromatic amines is 1. The number of aromatic nitrogens is 1. The van der Waals surface area contributed by atoms with Gasteiger partial charge in [-0.3, -0.25) is 4.79 Å². The van der Waals surface area contributed by atoms with E-state index in [4.69, 9.17) is 9.84 Å². The number of fused-ring (bicyclic) bond motifs is 1. The predicted molar refractivity (Wildman–Crippen MR) is 111 cm³/mol. The van der Waals surface area contributed by atoms with Gasteiger partial charge in [0, 0.05) is 22.8 Å². The van der Waals surface area contributed by atoms with Crippen LogP contribution in [0.5, 0.6) is 11.5 Å². The highest BCUT2D eigenvalue weighted by Crippen LogP contribution is 2.47. The normalized spacial score (nSPS) is 12.0. The second kappa shape index (κ2) is 9.86. The van der Waals surface area contributed by atoms with Crippen LogP contribution in [0.3, 0.4) is 0 Å². The number of halogens is 6. The van der Waals surface area contributed by atoms with E-state index >= 15 is 0 Å². The fraction of sp³-hybridized carbons (Fsp3) is 0.273. The van der Waals surface area contributed by atoms with Crippen molar-refractivity contribution in [1.29, 1.82) is 0 Å². The Morgan fingerprint density at radius 3 is 2.20 bits per heavy atom. The summed E-state index contributed by atoms with van der Waals surface area (Å²) in [5, 5.41) is 10.8. The summed E-state index contributed by atoms with van der Waals surface area (Å²) >= 11 is 0. The largest absolute Gasteiger partial charge is 0.456 e. The van der Waals surface area contributed by atoms with Crippen molar-refractivity contribution in [3.63, 3.8) is 0 Å². The summed E-state index contributed by atoms with van der Waals surface area (Å²) in [5.41, 5.74) is -3.21. The Hall–Kier alpha value is -3.74. The lowest BCUT2D eigenvalue weighted by Gasteiger charge is -2.21. The van der Waals surface area contributed by atoms with Gasteiger partial charge in [-0.05, 0) is 42.3 Å². The summed E-state index contributed by atoms with van der Waals surface area (Å²) in [6, 6.07) is 4.42. The van der Waals surface area contributed by atoms with E-state index in [2.05, 4.69) is 9.72 Å². The van der Waals surface area contributed by atoms with Gasteiger partial charge in [-0.15, -0.1) is 0 Å². The summed E-state index contributed by atoms with van der Waals surface area (Å²) in [5.74, 6) is -5.02. The second-order valence-corrected chi connectivity index (χ2v) is 7.19. The molecule has 13 heteroatoms. The first-order chi connectivity index (χ1) is 16.3. The summed E-state index contributed by atoms with van der Waals surface area (Å²) in [6.07, 6.45) is -8.42. The van der Waals surface area contributed by atoms with Crippen LogP contribution in [0.4, 0.5) is 32.0 Å². The van der Waals surface area contributed by atoms with Crippen LogP contribution in [-0.4, -0.2) is 35.2 Å². The number of esters is 1. The van der Waals surface area contributed by atoms with Crippen LogP contribution in [0, 0.1) is 0 Å². The molecule has 3 aromatic rings. The number of rotatable bonds is 6. The lowest BCUT2D eigenvalue weighted by molar-refractivity contribution is -0.153. The molecule has 0 atom stereocenters. The number of nitrogens with one attached hydrogen (secondary N) is 2. The van der Waals surface area contributed by atoms with E-state index in [0.717, 1.165) is 5.56 Å². The van der Waals surface area contributed by atoms with Crippen LogP contribution >= 0.6 is 0 Å². The van der Waals surface area contributed by atoms with Crippen molar-refractivity contribution in [2.75, 3.05) is 18.5 Å². The van der Waals surface area contributed by atoms with Crippen LogP contribution in [0.2, 0.25) is 0 Å². The van der Waals surface area contributed by atoms with E-state index in [1.54, 1.807) is 11.5 Å². The molecule has 3 rings (SSSR count). The SMILES string of the molecule is CCc1c[nH]c2ccc(Oc3c(C(F)(F)F)cc(NC(=O)C(=O)OCCO)cc3C(F)(F)F)cc12. The van der Waals surface area contributed by atoms with E-state index in [-0.39, 0.29) is 17.9 Å². The van der Waals surface area contributed by atoms with Gasteiger partial charge >= 0.3 is 24.2 Å². The van der Waals surface area contributed by atoms with Gasteiger partial charge in [0.15, 0.2) is 5.75 Å². The standard InChI is InChI=1S/C22H18F6N2O5/c1-2-11-10-29-17-4-3-13(9-14(11)17)35-18-15(21(23,24)25)7-12(8-16(18)22(26,27)28)30-19(32)20(33)34-6-5-31/h3-4,7-10,29,31H,2,5-6H2,1H3,(H,30,32). The predicted octanol–water partition coefficient (Wildman–Crippen LogP) is 5.03. The Morgan fingerprint density at radius 1 is 1.03 bits per heavy atom. The van der Waals surface area contributed by atoms with E-state index < -0.39 is 60.0 Å². The maximum Gasteiger partial charge on any atom is 0.420 e. The van der Waals surface area contributed by atoms with Gasteiger partial charge in [-0.25, -0.2) is 4.79 Å². The minimum atomic E-state index is -5.32. The maximum atomic E-state index is 13.8. The van der Waals surface area contributed by atoms with Crippen LogP contribution in [-0.2, 0) is 33.1 Å². The Morgan fingerprint density at radius 2 is 1.66 bits per heavy atom. The lowest BCUT2D eigenvalue weighted by atomic mass is 10.1. The highest BCUT2D eigenvalue weighted by molar-refractivity contribution is 6.37. The topological polar surface area (TPSA) is 101 Å². The maximum absolute atomic E-state index is 13.8. The number of carbonyl (C=O) groups excluding carboxylic acids is 2. The van der Waals surface area contributed by atoms with Gasteiger partial charge in [0.05, 0.1) is 6.61 Å². The summed E-state index contributed by atoms with van der Waals surface area (Å²) in [7, 11) is 0. The Kier molecular flexibility index (Phi) is 7.29. The molecule has 0 aliphatic rings. The number of aryl methyl sites for hydroxylation is 1. The first kappa shape index (κ1) is 25.9. The molecule has 0 aliphatic heterocycles. The number of aliphatic hydroxyl groups excluding tert-OH is 1. The molecule has 1 amide bonds.